The van der Waals surface area contributed by atoms with Gasteiger partial charge < -0.3 is 9.47 Å². The highest BCUT2D eigenvalue weighted by Gasteiger charge is 2.55. The SMILES string of the molecule is COC(=O)[C@H]1N[C@@H](c2ccccc2OC)[C@H]([N+](=O)[O-])[C@H]1c1ccc(Cl)cc1. The zero-order valence-corrected chi connectivity index (χ0v) is 15.6. The summed E-state index contributed by atoms with van der Waals surface area (Å²) in [6, 6.07) is 11.1. The topological polar surface area (TPSA) is 90.7 Å². The van der Waals surface area contributed by atoms with Crippen molar-refractivity contribution in [2.75, 3.05) is 14.2 Å². The summed E-state index contributed by atoms with van der Waals surface area (Å²) in [7, 11) is 2.77. The van der Waals surface area contributed by atoms with Crippen LogP contribution >= 0.6 is 11.6 Å². The maximum absolute atomic E-state index is 12.4. The summed E-state index contributed by atoms with van der Waals surface area (Å²) in [6.07, 6.45) is 0. The molecule has 0 radical (unpaired) electrons. The van der Waals surface area contributed by atoms with Crippen LogP contribution in [0.5, 0.6) is 5.75 Å². The number of carbonyl (C=O) groups excluding carboxylic acids is 1. The highest BCUT2D eigenvalue weighted by Crippen LogP contribution is 2.43. The molecule has 0 bridgehead atoms. The van der Waals surface area contributed by atoms with Gasteiger partial charge in [-0.1, -0.05) is 41.9 Å². The van der Waals surface area contributed by atoms with Crippen LogP contribution in [0.3, 0.4) is 0 Å². The molecular weight excluding hydrogens is 372 g/mol. The fourth-order valence-electron chi connectivity index (χ4n) is 3.67. The monoisotopic (exact) mass is 390 g/mol. The van der Waals surface area contributed by atoms with Gasteiger partial charge in [-0.05, 0) is 23.8 Å². The van der Waals surface area contributed by atoms with Crippen molar-refractivity contribution in [1.82, 2.24) is 5.32 Å². The number of hydrogen-bond donors (Lipinski definition) is 1. The van der Waals surface area contributed by atoms with Crippen molar-refractivity contribution in [2.24, 2.45) is 0 Å². The van der Waals surface area contributed by atoms with Gasteiger partial charge in [0.15, 0.2) is 0 Å². The average molecular weight is 391 g/mol. The molecule has 1 aliphatic heterocycles. The van der Waals surface area contributed by atoms with Crippen molar-refractivity contribution >= 4 is 17.6 Å². The van der Waals surface area contributed by atoms with Gasteiger partial charge in [0.2, 0.25) is 6.04 Å². The lowest BCUT2D eigenvalue weighted by Crippen LogP contribution is -2.37. The van der Waals surface area contributed by atoms with E-state index in [0.717, 1.165) is 0 Å². The van der Waals surface area contributed by atoms with Crippen LogP contribution in [0.15, 0.2) is 48.5 Å². The molecule has 2 aromatic carbocycles. The lowest BCUT2D eigenvalue weighted by molar-refractivity contribution is -0.527. The van der Waals surface area contributed by atoms with E-state index in [0.29, 0.717) is 21.9 Å². The highest BCUT2D eigenvalue weighted by molar-refractivity contribution is 6.30. The van der Waals surface area contributed by atoms with Crippen LogP contribution in [-0.4, -0.2) is 37.2 Å². The first kappa shape index (κ1) is 19.1. The van der Waals surface area contributed by atoms with Gasteiger partial charge >= 0.3 is 5.97 Å². The molecule has 1 N–H and O–H groups in total. The number of esters is 1. The number of ether oxygens (including phenoxy) is 2. The fraction of sp³-hybridized carbons (Fsp3) is 0.316. The number of carbonyl (C=O) groups is 1. The van der Waals surface area contributed by atoms with Crippen LogP contribution in [-0.2, 0) is 9.53 Å². The molecule has 0 saturated carbocycles. The van der Waals surface area contributed by atoms with E-state index in [1.54, 1.807) is 48.5 Å². The fourth-order valence-corrected chi connectivity index (χ4v) is 3.79. The predicted octanol–water partition coefficient (Wildman–Crippen LogP) is 2.96. The van der Waals surface area contributed by atoms with Crippen LogP contribution in [0.1, 0.15) is 23.1 Å². The summed E-state index contributed by atoms with van der Waals surface area (Å²) in [5, 5.41) is 15.6. The number of nitrogens with zero attached hydrogens (tertiary/aromatic N) is 1. The van der Waals surface area contributed by atoms with Crippen LogP contribution in [0.2, 0.25) is 5.02 Å². The summed E-state index contributed by atoms with van der Waals surface area (Å²) < 4.78 is 10.3. The normalized spacial score (nSPS) is 24.4. The summed E-state index contributed by atoms with van der Waals surface area (Å²) in [5.41, 5.74) is 1.26. The van der Waals surface area contributed by atoms with E-state index in [9.17, 15) is 14.9 Å². The maximum Gasteiger partial charge on any atom is 0.323 e. The minimum absolute atomic E-state index is 0.355. The Kier molecular flexibility index (Phi) is 5.62. The molecule has 1 aliphatic rings. The van der Waals surface area contributed by atoms with E-state index in [-0.39, 0.29) is 4.92 Å². The van der Waals surface area contributed by atoms with Gasteiger partial charge in [-0.15, -0.1) is 0 Å². The number of methoxy groups -OCH3 is 2. The van der Waals surface area contributed by atoms with Crippen molar-refractivity contribution < 1.29 is 19.2 Å². The third-order valence-electron chi connectivity index (χ3n) is 4.86. The van der Waals surface area contributed by atoms with Crippen LogP contribution < -0.4 is 10.1 Å². The van der Waals surface area contributed by atoms with Crippen molar-refractivity contribution in [1.29, 1.82) is 0 Å². The summed E-state index contributed by atoms with van der Waals surface area (Å²) in [5.74, 6) is -0.763. The number of halogens is 1. The summed E-state index contributed by atoms with van der Waals surface area (Å²) in [6.45, 7) is 0. The Morgan fingerprint density at radius 1 is 1.15 bits per heavy atom. The Hall–Kier alpha value is -2.64. The molecule has 27 heavy (non-hydrogen) atoms. The van der Waals surface area contributed by atoms with Gasteiger partial charge in [0.1, 0.15) is 17.8 Å². The largest absolute Gasteiger partial charge is 0.496 e. The second-order valence-corrected chi connectivity index (χ2v) is 6.68. The van der Waals surface area contributed by atoms with E-state index in [1.165, 1.54) is 14.2 Å². The lowest BCUT2D eigenvalue weighted by atomic mass is 9.85. The standard InChI is InChI=1S/C19H19ClN2O5/c1-26-14-6-4-3-5-13(14)16-18(22(24)25)15(17(21-16)19(23)27-2)11-7-9-12(20)10-8-11/h3-10,15-18,21H,1-2H3/t15-,16-,17-,18+/m0/s1. The molecule has 3 rings (SSSR count). The van der Waals surface area contributed by atoms with Crippen molar-refractivity contribution in [3.05, 3.63) is 74.8 Å². The Balaban J connectivity index is 2.12. The Morgan fingerprint density at radius 2 is 1.81 bits per heavy atom. The third-order valence-corrected chi connectivity index (χ3v) is 5.11. The van der Waals surface area contributed by atoms with Crippen molar-refractivity contribution in [3.63, 3.8) is 0 Å². The van der Waals surface area contributed by atoms with Crippen LogP contribution in [0.25, 0.3) is 0 Å². The van der Waals surface area contributed by atoms with E-state index >= 15 is 0 Å². The molecule has 0 amide bonds. The van der Waals surface area contributed by atoms with Gasteiger partial charge in [-0.3, -0.25) is 20.2 Å². The Bertz CT molecular complexity index is 842. The minimum Gasteiger partial charge on any atom is -0.496 e. The molecule has 0 spiro atoms. The minimum atomic E-state index is -1.09. The summed E-state index contributed by atoms with van der Waals surface area (Å²) in [4.78, 5) is 24.1. The number of para-hydroxylation sites is 1. The maximum atomic E-state index is 12.4. The Morgan fingerprint density at radius 3 is 2.41 bits per heavy atom. The van der Waals surface area contributed by atoms with Gasteiger partial charge in [-0.2, -0.15) is 0 Å². The van der Waals surface area contributed by atoms with Gasteiger partial charge in [0.25, 0.3) is 0 Å². The van der Waals surface area contributed by atoms with E-state index in [1.807, 2.05) is 0 Å². The summed E-state index contributed by atoms with van der Waals surface area (Å²) >= 11 is 5.95. The molecule has 0 aromatic heterocycles. The van der Waals surface area contributed by atoms with Crippen LogP contribution in [0.4, 0.5) is 0 Å². The lowest BCUT2D eigenvalue weighted by Gasteiger charge is -2.20. The molecule has 0 aliphatic carbocycles. The molecule has 142 valence electrons. The quantitative estimate of drug-likeness (QED) is 0.479. The number of benzene rings is 2. The third kappa shape index (κ3) is 3.61. The number of nitro groups is 1. The van der Waals surface area contributed by atoms with Gasteiger partial charge in [-0.25, -0.2) is 0 Å². The molecule has 4 atom stereocenters. The molecule has 8 heteroatoms. The zero-order valence-electron chi connectivity index (χ0n) is 14.8. The van der Waals surface area contributed by atoms with E-state index < -0.39 is 30.0 Å². The molecule has 2 aromatic rings. The zero-order chi connectivity index (χ0) is 19.6. The molecule has 1 fully saturated rings. The molecule has 1 heterocycles. The van der Waals surface area contributed by atoms with E-state index in [2.05, 4.69) is 5.32 Å². The predicted molar refractivity (Wildman–Crippen MR) is 99.7 cm³/mol. The smallest absolute Gasteiger partial charge is 0.323 e. The second kappa shape index (κ2) is 7.94. The Labute approximate surface area is 161 Å². The second-order valence-electron chi connectivity index (χ2n) is 6.24. The highest BCUT2D eigenvalue weighted by atomic mass is 35.5. The van der Waals surface area contributed by atoms with Gasteiger partial charge in [0.05, 0.1) is 20.1 Å². The molecule has 0 unspecified atom stereocenters. The number of rotatable bonds is 5. The average Bonchev–Trinajstić information content (AvgIpc) is 3.08. The molecular formula is C19H19ClN2O5. The molecule has 7 nitrogen and oxygen atoms in total. The van der Waals surface area contributed by atoms with E-state index in [4.69, 9.17) is 21.1 Å². The first-order chi connectivity index (χ1) is 13.0. The number of hydrogen-bond acceptors (Lipinski definition) is 6. The van der Waals surface area contributed by atoms with Crippen molar-refractivity contribution in [3.8, 4) is 5.75 Å². The first-order valence-corrected chi connectivity index (χ1v) is 8.71. The van der Waals surface area contributed by atoms with Crippen molar-refractivity contribution in [2.45, 2.75) is 24.0 Å². The molecule has 1 saturated heterocycles. The number of nitrogens with one attached hydrogen (secondary N) is 1. The first-order valence-electron chi connectivity index (χ1n) is 8.33. The van der Waals surface area contributed by atoms with Gasteiger partial charge in [0, 0.05) is 15.5 Å². The van der Waals surface area contributed by atoms with Crippen LogP contribution in [0, 0.1) is 10.1 Å².